The number of halogens is 6. The van der Waals surface area contributed by atoms with Crippen molar-refractivity contribution in [1.82, 2.24) is 15.0 Å². The Morgan fingerprint density at radius 2 is 1.70 bits per heavy atom. The SMILES string of the molecule is CC(C)(C)OC(=O)N1CC[C@H](O)[C@H]1c1nc(-c2ccc(CCc3ccc(C(F)(F)F)cc3)c(C(F)(F)F)c2)no1. The van der Waals surface area contributed by atoms with Crippen LogP contribution in [0.15, 0.2) is 47.0 Å². The van der Waals surface area contributed by atoms with Gasteiger partial charge in [-0.3, -0.25) is 4.90 Å². The summed E-state index contributed by atoms with van der Waals surface area (Å²) >= 11 is 0. The first-order valence-electron chi connectivity index (χ1n) is 12.4. The van der Waals surface area contributed by atoms with Gasteiger partial charge in [-0.05, 0) is 69.4 Å². The first-order chi connectivity index (χ1) is 18.5. The highest BCUT2D eigenvalue weighted by Crippen LogP contribution is 2.37. The molecular weight excluding hydrogens is 544 g/mol. The Kier molecular flexibility index (Phi) is 7.90. The van der Waals surface area contributed by atoms with Gasteiger partial charge in [-0.15, -0.1) is 0 Å². The number of likely N-dealkylation sites (tertiary alicyclic amines) is 1. The van der Waals surface area contributed by atoms with Crippen molar-refractivity contribution in [3.8, 4) is 11.4 Å². The fourth-order valence-electron chi connectivity index (χ4n) is 4.41. The standard InChI is InChI=1S/C27H27F6N3O4/c1-25(2,3)39-24(38)36-13-12-20(37)21(36)23-34-22(35-40-23)17-9-8-16(19(14-17)27(31,32)33)7-4-15-5-10-18(11-6-15)26(28,29)30/h5-6,8-11,14,20-21,37H,4,7,12-13H2,1-3H3/t20-,21-/m0/s1. The number of aryl methyl sites for hydroxylation is 2. The Hall–Kier alpha value is -3.61. The summed E-state index contributed by atoms with van der Waals surface area (Å²) in [6, 6.07) is 6.74. The lowest BCUT2D eigenvalue weighted by molar-refractivity contribution is -0.138. The van der Waals surface area contributed by atoms with Crippen molar-refractivity contribution in [3.63, 3.8) is 0 Å². The largest absolute Gasteiger partial charge is 0.444 e. The molecule has 216 valence electrons. The second-order valence-electron chi connectivity index (χ2n) is 10.5. The van der Waals surface area contributed by atoms with Crippen LogP contribution in [0.3, 0.4) is 0 Å². The third kappa shape index (κ3) is 6.75. The number of benzene rings is 2. The molecule has 0 unspecified atom stereocenters. The fourth-order valence-corrected chi connectivity index (χ4v) is 4.41. The van der Waals surface area contributed by atoms with Crippen LogP contribution in [-0.2, 0) is 29.9 Å². The van der Waals surface area contributed by atoms with Gasteiger partial charge in [0.1, 0.15) is 11.6 Å². The molecule has 0 spiro atoms. The average Bonchev–Trinajstić information content (AvgIpc) is 3.47. The van der Waals surface area contributed by atoms with Crippen molar-refractivity contribution in [2.24, 2.45) is 0 Å². The minimum absolute atomic E-state index is 0.00286. The molecule has 13 heteroatoms. The molecule has 2 atom stereocenters. The van der Waals surface area contributed by atoms with Crippen LogP contribution >= 0.6 is 0 Å². The Bertz CT molecular complexity index is 1350. The molecule has 0 bridgehead atoms. The highest BCUT2D eigenvalue weighted by molar-refractivity contribution is 5.69. The van der Waals surface area contributed by atoms with Crippen molar-refractivity contribution >= 4 is 6.09 Å². The lowest BCUT2D eigenvalue weighted by Crippen LogP contribution is -2.38. The minimum Gasteiger partial charge on any atom is -0.444 e. The number of hydrogen-bond donors (Lipinski definition) is 1. The van der Waals surface area contributed by atoms with Crippen LogP contribution < -0.4 is 0 Å². The van der Waals surface area contributed by atoms with Gasteiger partial charge in [0.15, 0.2) is 0 Å². The van der Waals surface area contributed by atoms with E-state index in [4.69, 9.17) is 9.26 Å². The molecule has 40 heavy (non-hydrogen) atoms. The topological polar surface area (TPSA) is 88.7 Å². The second-order valence-corrected chi connectivity index (χ2v) is 10.5. The molecule has 7 nitrogen and oxygen atoms in total. The zero-order valence-electron chi connectivity index (χ0n) is 21.8. The van der Waals surface area contributed by atoms with E-state index >= 15 is 0 Å². The van der Waals surface area contributed by atoms with E-state index in [1.807, 2.05) is 0 Å². The molecule has 0 aliphatic carbocycles. The van der Waals surface area contributed by atoms with Gasteiger partial charge in [0.25, 0.3) is 5.89 Å². The predicted octanol–water partition coefficient (Wildman–Crippen LogP) is 6.60. The Labute approximate surface area is 225 Å². The van der Waals surface area contributed by atoms with Crippen LogP contribution in [0.1, 0.15) is 61.4 Å². The van der Waals surface area contributed by atoms with E-state index in [9.17, 15) is 36.2 Å². The van der Waals surface area contributed by atoms with E-state index < -0.39 is 47.3 Å². The zero-order valence-corrected chi connectivity index (χ0v) is 21.8. The summed E-state index contributed by atoms with van der Waals surface area (Å²) in [5.41, 5.74) is -2.18. The fraction of sp³-hybridized carbons (Fsp3) is 0.444. The molecule has 3 aromatic rings. The average molecular weight is 572 g/mol. The number of carbonyl (C=O) groups excluding carboxylic acids is 1. The van der Waals surface area contributed by atoms with Crippen molar-refractivity contribution in [2.75, 3.05) is 6.54 Å². The van der Waals surface area contributed by atoms with E-state index in [-0.39, 0.29) is 48.6 Å². The lowest BCUT2D eigenvalue weighted by Gasteiger charge is -2.27. The van der Waals surface area contributed by atoms with Crippen molar-refractivity contribution in [3.05, 3.63) is 70.6 Å². The molecule has 2 aromatic carbocycles. The van der Waals surface area contributed by atoms with Gasteiger partial charge in [0, 0.05) is 12.1 Å². The minimum atomic E-state index is -4.73. The van der Waals surface area contributed by atoms with Crippen molar-refractivity contribution in [2.45, 2.75) is 70.1 Å². The molecule has 2 heterocycles. The third-order valence-electron chi connectivity index (χ3n) is 6.33. The molecule has 4 rings (SSSR count). The molecule has 0 saturated carbocycles. The van der Waals surface area contributed by atoms with E-state index in [1.165, 1.54) is 29.2 Å². The number of aromatic nitrogens is 2. The highest BCUT2D eigenvalue weighted by Gasteiger charge is 2.43. The number of hydrogen-bond acceptors (Lipinski definition) is 6. The number of aliphatic hydroxyl groups excluding tert-OH is 1. The van der Waals surface area contributed by atoms with Gasteiger partial charge in [-0.1, -0.05) is 29.4 Å². The Morgan fingerprint density at radius 3 is 2.30 bits per heavy atom. The number of carbonyl (C=O) groups is 1. The summed E-state index contributed by atoms with van der Waals surface area (Å²) in [7, 11) is 0. The van der Waals surface area contributed by atoms with Crippen LogP contribution in [0.2, 0.25) is 0 Å². The second kappa shape index (κ2) is 10.8. The summed E-state index contributed by atoms with van der Waals surface area (Å²) in [6.07, 6.45) is -10.7. The van der Waals surface area contributed by atoms with Crippen LogP contribution in [0.25, 0.3) is 11.4 Å². The summed E-state index contributed by atoms with van der Waals surface area (Å²) in [5, 5.41) is 14.2. The van der Waals surface area contributed by atoms with Gasteiger partial charge in [0.05, 0.1) is 17.2 Å². The molecule has 1 aliphatic heterocycles. The van der Waals surface area contributed by atoms with Crippen LogP contribution in [0, 0.1) is 0 Å². The van der Waals surface area contributed by atoms with Crippen molar-refractivity contribution < 1.29 is 45.5 Å². The van der Waals surface area contributed by atoms with Crippen LogP contribution in [0.5, 0.6) is 0 Å². The molecule has 1 fully saturated rings. The summed E-state index contributed by atoms with van der Waals surface area (Å²) < 4.78 is 90.8. The molecule has 1 saturated heterocycles. The van der Waals surface area contributed by atoms with Gasteiger partial charge >= 0.3 is 18.4 Å². The molecule has 1 aromatic heterocycles. The summed E-state index contributed by atoms with van der Waals surface area (Å²) in [4.78, 5) is 18.0. The van der Waals surface area contributed by atoms with Gasteiger partial charge < -0.3 is 14.4 Å². The first kappa shape index (κ1) is 29.4. The van der Waals surface area contributed by atoms with Gasteiger partial charge in [0.2, 0.25) is 5.82 Å². The van der Waals surface area contributed by atoms with Gasteiger partial charge in [-0.25, -0.2) is 4.79 Å². The number of rotatable bonds is 5. The van der Waals surface area contributed by atoms with E-state index in [2.05, 4.69) is 10.1 Å². The number of nitrogens with zero attached hydrogens (tertiary/aromatic N) is 3. The first-order valence-corrected chi connectivity index (χ1v) is 12.4. The molecular formula is C27H27F6N3O4. The molecule has 1 amide bonds. The number of ether oxygens (including phenoxy) is 1. The van der Waals surface area contributed by atoms with Crippen LogP contribution in [0.4, 0.5) is 31.1 Å². The highest BCUT2D eigenvalue weighted by atomic mass is 19.4. The quantitative estimate of drug-likeness (QED) is 0.347. The predicted molar refractivity (Wildman–Crippen MR) is 130 cm³/mol. The molecule has 0 radical (unpaired) electrons. The van der Waals surface area contributed by atoms with E-state index in [1.54, 1.807) is 20.8 Å². The summed E-state index contributed by atoms with van der Waals surface area (Å²) in [6.45, 7) is 5.21. The maximum absolute atomic E-state index is 14.0. The van der Waals surface area contributed by atoms with E-state index in [0.29, 0.717) is 5.56 Å². The van der Waals surface area contributed by atoms with Gasteiger partial charge in [-0.2, -0.15) is 31.3 Å². The normalized spacial score (nSPS) is 18.3. The maximum atomic E-state index is 14.0. The molecule has 1 N–H and O–H groups in total. The number of aliphatic hydroxyl groups is 1. The van der Waals surface area contributed by atoms with Crippen molar-refractivity contribution in [1.29, 1.82) is 0 Å². The van der Waals surface area contributed by atoms with Crippen LogP contribution in [-0.4, -0.2) is 44.5 Å². The van der Waals surface area contributed by atoms with E-state index in [0.717, 1.165) is 18.2 Å². The maximum Gasteiger partial charge on any atom is 0.416 e. The third-order valence-corrected chi connectivity index (χ3v) is 6.33. The lowest BCUT2D eigenvalue weighted by atomic mass is 9.97. The zero-order chi connectivity index (χ0) is 29.5. The monoisotopic (exact) mass is 571 g/mol. The Morgan fingerprint density at radius 1 is 1.02 bits per heavy atom. The molecule has 1 aliphatic rings. The number of alkyl halides is 6. The summed E-state index contributed by atoms with van der Waals surface area (Å²) in [5.74, 6) is -0.316. The smallest absolute Gasteiger partial charge is 0.416 e. The Balaban J connectivity index is 1.55. The number of amides is 1.